The van der Waals surface area contributed by atoms with Gasteiger partial charge in [-0.3, -0.25) is 14.4 Å². The number of carbonyl (C=O) groups is 5. The summed E-state index contributed by atoms with van der Waals surface area (Å²) < 4.78 is 0. The predicted octanol–water partition coefficient (Wildman–Crippen LogP) is 6.79. The van der Waals surface area contributed by atoms with Crippen molar-refractivity contribution in [2.75, 3.05) is 27.4 Å². The zero-order chi connectivity index (χ0) is 35.5. The molecule has 2 aliphatic rings. The summed E-state index contributed by atoms with van der Waals surface area (Å²) >= 11 is 0. The Labute approximate surface area is 293 Å². The maximum absolute atomic E-state index is 13.7. The molecule has 0 unspecified atom stereocenters. The first-order valence-corrected chi connectivity index (χ1v) is 16.3. The Morgan fingerprint density at radius 1 is 0.706 bits per heavy atom. The Kier molecular flexibility index (Phi) is 8.83. The number of carbonyl (C=O) groups excluding carboxylic acids is 5. The topological polar surface area (TPSA) is 149 Å². The molecule has 7 rings (SSSR count). The number of anilines is 4. The van der Waals surface area contributed by atoms with E-state index >= 15 is 0 Å². The molecule has 5 aromatic carbocycles. The number of nitrogens with one attached hydrogen (secondary N) is 5. The molecule has 51 heavy (non-hydrogen) atoms. The molecule has 0 bridgehead atoms. The Balaban J connectivity index is 1.16. The molecule has 11 nitrogen and oxygen atoms in total. The molecule has 2 heterocycles. The molecule has 0 radical (unpaired) electrons. The van der Waals surface area contributed by atoms with E-state index in [1.807, 2.05) is 73.7 Å². The first kappa shape index (κ1) is 32.5. The second kappa shape index (κ2) is 13.8. The lowest BCUT2D eigenvalue weighted by Gasteiger charge is -2.16. The molecular formula is C40H32N6O5. The normalized spacial score (nSPS) is 15.0. The van der Waals surface area contributed by atoms with Gasteiger partial charge in [0.1, 0.15) is 0 Å². The van der Waals surface area contributed by atoms with Crippen molar-refractivity contribution in [3.8, 4) is 0 Å². The summed E-state index contributed by atoms with van der Waals surface area (Å²) in [5.74, 6) is -0.941. The third-order valence-electron chi connectivity index (χ3n) is 8.62. The van der Waals surface area contributed by atoms with Crippen LogP contribution in [0.25, 0.3) is 11.1 Å². The van der Waals surface area contributed by atoms with Gasteiger partial charge in [-0.15, -0.1) is 0 Å². The second-order valence-electron chi connectivity index (χ2n) is 12.0. The van der Waals surface area contributed by atoms with Crippen LogP contribution in [0.1, 0.15) is 45.6 Å². The van der Waals surface area contributed by atoms with Crippen LogP contribution >= 0.6 is 0 Å². The van der Waals surface area contributed by atoms with Crippen LogP contribution < -0.4 is 31.5 Å². The average Bonchev–Trinajstić information content (AvgIpc) is 3.65. The number of imide groups is 1. The summed E-state index contributed by atoms with van der Waals surface area (Å²) in [6.45, 7) is 1.86. The first-order valence-electron chi connectivity index (χ1n) is 16.3. The van der Waals surface area contributed by atoms with Gasteiger partial charge in [0.25, 0.3) is 17.7 Å². The van der Waals surface area contributed by atoms with Crippen LogP contribution in [0.5, 0.6) is 0 Å². The molecule has 0 aromatic heterocycles. The standard InChI is InChI=1S/C40H32N6O5/c1-24(25-9-4-2-5-10-25)42-37(48)28-15-20-33-32(22-28)36(38(49)45-33)35(26-11-6-3-7-12-26)27-13-8-14-30(21-27)44-39(50)43-29-16-18-31(19-17-29)46-34(47)23-41-40(46)51/h2-22,24H,23H2,1H3,(H,41,51)(H,42,48)(H,45,49)(H2,43,44,50)/t24-/m0/s1. The van der Waals surface area contributed by atoms with Gasteiger partial charge in [0.05, 0.1) is 23.8 Å². The van der Waals surface area contributed by atoms with Gasteiger partial charge in [-0.05, 0) is 78.2 Å². The molecule has 5 N–H and O–H groups in total. The zero-order valence-corrected chi connectivity index (χ0v) is 27.4. The highest BCUT2D eigenvalue weighted by Crippen LogP contribution is 2.41. The van der Waals surface area contributed by atoms with Crippen LogP contribution in [0.2, 0.25) is 0 Å². The lowest BCUT2D eigenvalue weighted by Crippen LogP contribution is -2.30. The van der Waals surface area contributed by atoms with Crippen LogP contribution in [-0.2, 0) is 9.59 Å². The minimum absolute atomic E-state index is 0.0626. The van der Waals surface area contributed by atoms with Crippen molar-refractivity contribution < 1.29 is 24.0 Å². The van der Waals surface area contributed by atoms with Crippen molar-refractivity contribution in [3.63, 3.8) is 0 Å². The third kappa shape index (κ3) is 6.81. The fraction of sp³-hybridized carbons (Fsp3) is 0.0750. The quantitative estimate of drug-likeness (QED) is 0.0907. The number of rotatable bonds is 8. The molecule has 0 saturated carbocycles. The van der Waals surface area contributed by atoms with Crippen LogP contribution in [0.3, 0.4) is 0 Å². The van der Waals surface area contributed by atoms with Crippen molar-refractivity contribution >= 4 is 63.7 Å². The van der Waals surface area contributed by atoms with E-state index in [9.17, 15) is 24.0 Å². The number of hydrogen-bond donors (Lipinski definition) is 5. The molecule has 1 saturated heterocycles. The molecule has 0 spiro atoms. The second-order valence-corrected chi connectivity index (χ2v) is 12.0. The van der Waals surface area contributed by atoms with Gasteiger partial charge in [0, 0.05) is 33.8 Å². The van der Waals surface area contributed by atoms with E-state index in [4.69, 9.17) is 0 Å². The highest BCUT2D eigenvalue weighted by molar-refractivity contribution is 6.38. The average molecular weight is 677 g/mol. The number of hydrogen-bond acceptors (Lipinski definition) is 5. The van der Waals surface area contributed by atoms with E-state index in [-0.39, 0.29) is 30.3 Å². The van der Waals surface area contributed by atoms with Gasteiger partial charge in [0.2, 0.25) is 0 Å². The Morgan fingerprint density at radius 3 is 2.10 bits per heavy atom. The minimum atomic E-state index is -0.520. The first-order chi connectivity index (χ1) is 24.7. The zero-order valence-electron chi connectivity index (χ0n) is 27.4. The van der Waals surface area contributed by atoms with Gasteiger partial charge >= 0.3 is 12.1 Å². The van der Waals surface area contributed by atoms with Gasteiger partial charge in [0.15, 0.2) is 0 Å². The monoisotopic (exact) mass is 676 g/mol. The smallest absolute Gasteiger partial charge is 0.329 e. The van der Waals surface area contributed by atoms with Crippen LogP contribution in [0.4, 0.5) is 32.3 Å². The van der Waals surface area contributed by atoms with E-state index in [0.717, 1.165) is 16.0 Å². The van der Waals surface area contributed by atoms with Gasteiger partial charge in [-0.25, -0.2) is 14.5 Å². The number of fused-ring (bicyclic) bond motifs is 1. The summed E-state index contributed by atoms with van der Waals surface area (Å²) in [7, 11) is 0. The molecule has 1 fully saturated rings. The highest BCUT2D eigenvalue weighted by Gasteiger charge is 2.31. The number of amides is 7. The minimum Gasteiger partial charge on any atom is -0.346 e. The van der Waals surface area contributed by atoms with Crippen LogP contribution in [0, 0.1) is 0 Å². The number of benzene rings is 5. The molecule has 7 amide bonds. The van der Waals surface area contributed by atoms with Crippen molar-refractivity contribution in [2.24, 2.45) is 0 Å². The van der Waals surface area contributed by atoms with Crippen molar-refractivity contribution in [2.45, 2.75) is 13.0 Å². The molecule has 1 atom stereocenters. The lowest BCUT2D eigenvalue weighted by molar-refractivity contribution is -0.116. The SMILES string of the molecule is C[C@H](NC(=O)c1ccc2c(c1)C(=C(c1ccccc1)c1cccc(NC(=O)Nc3ccc(N4C(=O)CNC4=O)cc3)c1)C(=O)N2)c1ccccc1. The molecule has 2 aliphatic heterocycles. The van der Waals surface area contributed by atoms with E-state index in [1.54, 1.807) is 60.7 Å². The maximum Gasteiger partial charge on any atom is 0.329 e. The molecule has 5 aromatic rings. The summed E-state index contributed by atoms with van der Waals surface area (Å²) in [4.78, 5) is 65.2. The number of urea groups is 2. The summed E-state index contributed by atoms with van der Waals surface area (Å²) in [5, 5.41) is 14.1. The molecule has 252 valence electrons. The Morgan fingerprint density at radius 2 is 1.39 bits per heavy atom. The fourth-order valence-electron chi connectivity index (χ4n) is 6.15. The van der Waals surface area contributed by atoms with Crippen molar-refractivity contribution in [1.82, 2.24) is 10.6 Å². The summed E-state index contributed by atoms with van der Waals surface area (Å²) in [5.41, 5.74) is 6.34. The molecule has 0 aliphatic carbocycles. The lowest BCUT2D eigenvalue weighted by atomic mass is 9.89. The summed E-state index contributed by atoms with van der Waals surface area (Å²) in [6, 6.07) is 36.5. The molecular weight excluding hydrogens is 644 g/mol. The van der Waals surface area contributed by atoms with E-state index < -0.39 is 12.1 Å². The predicted molar refractivity (Wildman–Crippen MR) is 196 cm³/mol. The summed E-state index contributed by atoms with van der Waals surface area (Å²) in [6.07, 6.45) is 0. The van der Waals surface area contributed by atoms with Gasteiger partial charge in [-0.2, -0.15) is 0 Å². The van der Waals surface area contributed by atoms with Crippen molar-refractivity contribution in [3.05, 3.63) is 155 Å². The third-order valence-corrected chi connectivity index (χ3v) is 8.62. The van der Waals surface area contributed by atoms with Gasteiger partial charge < -0.3 is 26.6 Å². The van der Waals surface area contributed by atoms with E-state index in [1.165, 1.54) is 0 Å². The van der Waals surface area contributed by atoms with Gasteiger partial charge in [-0.1, -0.05) is 72.8 Å². The van der Waals surface area contributed by atoms with E-state index in [0.29, 0.717) is 50.6 Å². The molecule has 11 heteroatoms. The van der Waals surface area contributed by atoms with Crippen molar-refractivity contribution in [1.29, 1.82) is 0 Å². The van der Waals surface area contributed by atoms with E-state index in [2.05, 4.69) is 26.6 Å². The highest BCUT2D eigenvalue weighted by atomic mass is 16.2. The maximum atomic E-state index is 13.7. The largest absolute Gasteiger partial charge is 0.346 e. The van der Waals surface area contributed by atoms with Crippen LogP contribution in [0.15, 0.2) is 127 Å². The van der Waals surface area contributed by atoms with Crippen LogP contribution in [-0.4, -0.2) is 36.3 Å². The number of nitrogens with zero attached hydrogens (tertiary/aromatic N) is 1. The Bertz CT molecular complexity index is 2200. The fourth-order valence-corrected chi connectivity index (χ4v) is 6.15. The Hall–Kier alpha value is -7.01.